The molecule has 0 heterocycles. The van der Waals surface area contributed by atoms with Crippen LogP contribution in [0.25, 0.3) is 0 Å². The van der Waals surface area contributed by atoms with Gasteiger partial charge in [-0.25, -0.2) is 13.2 Å². The average Bonchev–Trinajstić information content (AvgIpc) is 2.39. The number of benzene rings is 2. The highest BCUT2D eigenvalue weighted by molar-refractivity contribution is 6.58. The molecule has 0 amide bonds. The van der Waals surface area contributed by atoms with Gasteiger partial charge in [0.25, 0.3) is 0 Å². The molecule has 0 aromatic heterocycles. The van der Waals surface area contributed by atoms with Gasteiger partial charge in [0.2, 0.25) is 0 Å². The van der Waals surface area contributed by atoms with Crippen LogP contribution in [0.2, 0.25) is 0 Å². The van der Waals surface area contributed by atoms with Gasteiger partial charge >= 0.3 is 7.12 Å². The second-order valence-electron chi connectivity index (χ2n) is 4.09. The van der Waals surface area contributed by atoms with Crippen molar-refractivity contribution < 1.29 is 28.0 Å². The number of hydrogen-bond donors (Lipinski definition) is 2. The lowest BCUT2D eigenvalue weighted by atomic mass is 9.80. The van der Waals surface area contributed by atoms with Gasteiger partial charge in [-0.1, -0.05) is 6.07 Å². The van der Waals surface area contributed by atoms with Crippen LogP contribution in [0.15, 0.2) is 36.4 Å². The quantitative estimate of drug-likeness (QED) is 0.832. The molecule has 7 heteroatoms. The van der Waals surface area contributed by atoms with Crippen LogP contribution < -0.4 is 10.2 Å². The van der Waals surface area contributed by atoms with Crippen LogP contribution >= 0.6 is 0 Å². The third kappa shape index (κ3) is 3.31. The largest absolute Gasteiger partial charge is 0.488 e. The fraction of sp³-hybridized carbons (Fsp3) is 0.0769. The van der Waals surface area contributed by atoms with Gasteiger partial charge in [-0.05, 0) is 29.7 Å². The summed E-state index contributed by atoms with van der Waals surface area (Å²) in [5.41, 5.74) is 0.0988. The van der Waals surface area contributed by atoms with E-state index in [-0.39, 0.29) is 23.4 Å². The zero-order valence-corrected chi connectivity index (χ0v) is 10.2. The van der Waals surface area contributed by atoms with Gasteiger partial charge in [0.15, 0.2) is 11.6 Å². The molecule has 2 aromatic carbocycles. The van der Waals surface area contributed by atoms with Gasteiger partial charge in [-0.3, -0.25) is 0 Å². The van der Waals surface area contributed by atoms with Crippen LogP contribution in [0.5, 0.6) is 5.75 Å². The Balaban J connectivity index is 2.16. The third-order valence-corrected chi connectivity index (χ3v) is 2.65. The van der Waals surface area contributed by atoms with Crippen LogP contribution in [0, 0.1) is 17.5 Å². The summed E-state index contributed by atoms with van der Waals surface area (Å²) >= 11 is 0. The standard InChI is InChI=1S/C13H10BF3O3/c15-10-3-1-8(12(17)6-10)7-20-13-5-9(14(18)19)2-4-11(13)16/h1-6,18-19H,7H2. The normalized spacial score (nSPS) is 10.4. The maximum atomic E-state index is 13.5. The lowest BCUT2D eigenvalue weighted by Gasteiger charge is -2.09. The first-order valence-corrected chi connectivity index (χ1v) is 5.69. The van der Waals surface area contributed by atoms with Gasteiger partial charge in [-0.2, -0.15) is 0 Å². The molecule has 0 aliphatic rings. The molecule has 2 aromatic rings. The van der Waals surface area contributed by atoms with Crippen molar-refractivity contribution in [1.29, 1.82) is 0 Å². The van der Waals surface area contributed by atoms with E-state index in [2.05, 4.69) is 0 Å². The van der Waals surface area contributed by atoms with Crippen molar-refractivity contribution in [2.45, 2.75) is 6.61 Å². The first kappa shape index (κ1) is 14.4. The summed E-state index contributed by atoms with van der Waals surface area (Å²) in [6.07, 6.45) is 0. The van der Waals surface area contributed by atoms with Crippen LogP contribution in [0.3, 0.4) is 0 Å². The molecule has 0 fully saturated rings. The van der Waals surface area contributed by atoms with E-state index in [0.29, 0.717) is 6.07 Å². The Morgan fingerprint density at radius 2 is 1.70 bits per heavy atom. The summed E-state index contributed by atoms with van der Waals surface area (Å²) in [6.45, 7) is -0.311. The van der Waals surface area contributed by atoms with Gasteiger partial charge in [0.1, 0.15) is 18.2 Å². The summed E-state index contributed by atoms with van der Waals surface area (Å²) in [5, 5.41) is 17.9. The second-order valence-corrected chi connectivity index (χ2v) is 4.09. The minimum absolute atomic E-state index is 0.0426. The van der Waals surface area contributed by atoms with E-state index < -0.39 is 24.6 Å². The summed E-state index contributed by atoms with van der Waals surface area (Å²) in [6, 6.07) is 6.24. The van der Waals surface area contributed by atoms with Crippen molar-refractivity contribution in [2.75, 3.05) is 0 Å². The van der Waals surface area contributed by atoms with Gasteiger partial charge in [0, 0.05) is 11.6 Å². The molecule has 20 heavy (non-hydrogen) atoms. The Morgan fingerprint density at radius 3 is 2.35 bits per heavy atom. The summed E-state index contributed by atoms with van der Waals surface area (Å²) in [5.74, 6) is -2.50. The number of hydrogen-bond acceptors (Lipinski definition) is 3. The fourth-order valence-electron chi connectivity index (χ4n) is 1.59. The van der Waals surface area contributed by atoms with Crippen molar-refractivity contribution in [3.8, 4) is 5.75 Å². The molecule has 2 N–H and O–H groups in total. The van der Waals surface area contributed by atoms with Crippen LogP contribution in [-0.2, 0) is 6.61 Å². The van der Waals surface area contributed by atoms with Gasteiger partial charge in [-0.15, -0.1) is 0 Å². The van der Waals surface area contributed by atoms with Crippen molar-refractivity contribution in [3.05, 3.63) is 59.4 Å². The predicted molar refractivity (Wildman–Crippen MR) is 66.9 cm³/mol. The first-order valence-electron chi connectivity index (χ1n) is 5.69. The molecule has 104 valence electrons. The lowest BCUT2D eigenvalue weighted by molar-refractivity contribution is 0.284. The van der Waals surface area contributed by atoms with Crippen molar-refractivity contribution >= 4 is 12.6 Å². The minimum Gasteiger partial charge on any atom is -0.486 e. The summed E-state index contributed by atoms with van der Waals surface area (Å²) in [4.78, 5) is 0. The average molecular weight is 282 g/mol. The molecule has 0 unspecified atom stereocenters. The smallest absolute Gasteiger partial charge is 0.486 e. The molecule has 0 atom stereocenters. The van der Waals surface area contributed by atoms with Crippen molar-refractivity contribution in [1.82, 2.24) is 0 Å². The van der Waals surface area contributed by atoms with Crippen molar-refractivity contribution in [3.63, 3.8) is 0 Å². The number of ether oxygens (including phenoxy) is 1. The highest BCUT2D eigenvalue weighted by Gasteiger charge is 2.15. The van der Waals surface area contributed by atoms with E-state index in [9.17, 15) is 13.2 Å². The molecule has 0 saturated heterocycles. The van der Waals surface area contributed by atoms with Gasteiger partial charge in [0.05, 0.1) is 0 Å². The van der Waals surface area contributed by atoms with Gasteiger partial charge < -0.3 is 14.8 Å². The zero-order valence-electron chi connectivity index (χ0n) is 10.2. The van der Waals surface area contributed by atoms with E-state index in [1.807, 2.05) is 0 Å². The molecule has 2 rings (SSSR count). The molecule has 0 saturated carbocycles. The van der Waals surface area contributed by atoms with Crippen LogP contribution in [0.4, 0.5) is 13.2 Å². The molecule has 0 spiro atoms. The highest BCUT2D eigenvalue weighted by Crippen LogP contribution is 2.18. The summed E-state index contributed by atoms with van der Waals surface area (Å²) in [7, 11) is -1.76. The lowest BCUT2D eigenvalue weighted by Crippen LogP contribution is -2.29. The fourth-order valence-corrected chi connectivity index (χ4v) is 1.59. The topological polar surface area (TPSA) is 49.7 Å². The Kier molecular flexibility index (Phi) is 4.31. The molecule has 0 bridgehead atoms. The van der Waals surface area contributed by atoms with E-state index in [0.717, 1.165) is 18.2 Å². The number of rotatable bonds is 4. The molecule has 0 radical (unpaired) electrons. The zero-order chi connectivity index (χ0) is 14.7. The highest BCUT2D eigenvalue weighted by atomic mass is 19.1. The Bertz CT molecular complexity index is 620. The molecule has 0 aliphatic carbocycles. The Morgan fingerprint density at radius 1 is 0.950 bits per heavy atom. The van der Waals surface area contributed by atoms with Crippen molar-refractivity contribution in [2.24, 2.45) is 0 Å². The maximum absolute atomic E-state index is 13.5. The molecule has 0 aliphatic heterocycles. The molecular weight excluding hydrogens is 272 g/mol. The Labute approximate surface area is 113 Å². The molecule has 3 nitrogen and oxygen atoms in total. The van der Waals surface area contributed by atoms with Crippen LogP contribution in [-0.4, -0.2) is 17.2 Å². The number of halogens is 3. The monoisotopic (exact) mass is 282 g/mol. The first-order chi connectivity index (χ1) is 9.47. The van der Waals surface area contributed by atoms with E-state index in [4.69, 9.17) is 14.8 Å². The van der Waals surface area contributed by atoms with Crippen LogP contribution in [0.1, 0.15) is 5.56 Å². The Hall–Kier alpha value is -1.99. The maximum Gasteiger partial charge on any atom is 0.488 e. The third-order valence-electron chi connectivity index (χ3n) is 2.65. The second kappa shape index (κ2) is 5.98. The SMILES string of the molecule is OB(O)c1ccc(F)c(OCc2ccc(F)cc2F)c1. The predicted octanol–water partition coefficient (Wildman–Crippen LogP) is 1.36. The minimum atomic E-state index is -1.76. The molecular formula is C13H10BF3O3. The van der Waals surface area contributed by atoms with E-state index in [1.165, 1.54) is 12.1 Å². The summed E-state index contributed by atoms with van der Waals surface area (Å²) < 4.78 is 44.6. The van der Waals surface area contributed by atoms with E-state index >= 15 is 0 Å². The van der Waals surface area contributed by atoms with E-state index in [1.54, 1.807) is 0 Å².